The number of carbonyl (C=O) groups is 1. The summed E-state index contributed by atoms with van der Waals surface area (Å²) in [5, 5.41) is 13.5. The van der Waals surface area contributed by atoms with Gasteiger partial charge in [-0.05, 0) is 98.2 Å². The average Bonchev–Trinajstić information content (AvgIpc) is 3.01. The molecule has 6 fully saturated rings. The Kier molecular flexibility index (Phi) is 4.55. The van der Waals surface area contributed by atoms with Crippen molar-refractivity contribution >= 4 is 11.7 Å². The fraction of sp³-hybridized carbons (Fsp3) is 0.933. The van der Waals surface area contributed by atoms with Crippen LogP contribution in [0.3, 0.4) is 0 Å². The highest BCUT2D eigenvalue weighted by molar-refractivity contribution is 5.90. The lowest BCUT2D eigenvalue weighted by Gasteiger charge is -2.72. The molecule has 1 aliphatic heterocycles. The molecule has 190 valence electrons. The summed E-state index contributed by atoms with van der Waals surface area (Å²) in [6.45, 7) is 17.2. The Bertz CT molecular complexity index is 953. The number of nitrogens with zero attached hydrogens (tertiary/aromatic N) is 1. The fourth-order valence-electron chi connectivity index (χ4n) is 11.8. The number of fused-ring (bicyclic) bond motifs is 5. The van der Waals surface area contributed by atoms with Crippen molar-refractivity contribution in [3.05, 3.63) is 0 Å². The van der Waals surface area contributed by atoms with E-state index in [2.05, 4.69) is 53.6 Å². The van der Waals surface area contributed by atoms with Crippen LogP contribution in [-0.2, 0) is 9.53 Å². The van der Waals surface area contributed by atoms with Gasteiger partial charge in [-0.25, -0.2) is 0 Å². The van der Waals surface area contributed by atoms with Crippen LogP contribution in [0.1, 0.15) is 113 Å². The number of hydrogen-bond acceptors (Lipinski definition) is 4. The summed E-state index contributed by atoms with van der Waals surface area (Å²) in [6, 6.07) is 0. The summed E-state index contributed by atoms with van der Waals surface area (Å²) in [7, 11) is 0. The van der Waals surface area contributed by atoms with Crippen LogP contribution in [0.15, 0.2) is 5.16 Å². The first-order valence-corrected chi connectivity index (χ1v) is 14.2. The highest BCUT2D eigenvalue weighted by atomic mass is 16.6. The van der Waals surface area contributed by atoms with Crippen LogP contribution < -0.4 is 0 Å². The summed E-state index contributed by atoms with van der Waals surface area (Å²) < 4.78 is 6.28. The van der Waals surface area contributed by atoms with E-state index in [1.165, 1.54) is 32.1 Å². The zero-order valence-electron chi connectivity index (χ0n) is 22.7. The van der Waals surface area contributed by atoms with E-state index in [-0.39, 0.29) is 44.6 Å². The van der Waals surface area contributed by atoms with Gasteiger partial charge in [0.05, 0.1) is 11.1 Å². The summed E-state index contributed by atoms with van der Waals surface area (Å²) in [5.74, 6) is 2.40. The minimum atomic E-state index is -0.200. The van der Waals surface area contributed by atoms with Gasteiger partial charge in [0, 0.05) is 16.7 Å². The van der Waals surface area contributed by atoms with E-state index in [0.717, 1.165) is 37.8 Å². The molecule has 9 atom stereocenters. The van der Waals surface area contributed by atoms with Gasteiger partial charge in [0.1, 0.15) is 6.10 Å². The van der Waals surface area contributed by atoms with Gasteiger partial charge in [0.2, 0.25) is 0 Å². The third kappa shape index (κ3) is 2.43. The van der Waals surface area contributed by atoms with Crippen LogP contribution in [0.5, 0.6) is 0 Å². The molecule has 0 amide bonds. The summed E-state index contributed by atoms with van der Waals surface area (Å²) in [6.07, 6.45) is 11.5. The van der Waals surface area contributed by atoms with Crippen molar-refractivity contribution in [3.63, 3.8) is 0 Å². The Hall–Kier alpha value is -1.06. The van der Waals surface area contributed by atoms with Gasteiger partial charge in [0.15, 0.2) is 0 Å². The molecule has 4 nitrogen and oxygen atoms in total. The molecular formula is C30H47NO3. The average molecular weight is 470 g/mol. The molecule has 5 aliphatic carbocycles. The third-order valence-corrected chi connectivity index (χ3v) is 14.0. The quantitative estimate of drug-likeness (QED) is 0.231. The Balaban J connectivity index is 1.41. The second kappa shape index (κ2) is 6.62. The molecule has 2 bridgehead atoms. The van der Waals surface area contributed by atoms with Gasteiger partial charge in [0.25, 0.3) is 0 Å². The van der Waals surface area contributed by atoms with Gasteiger partial charge in [-0.3, -0.25) is 4.79 Å². The second-order valence-corrected chi connectivity index (χ2v) is 15.4. The van der Waals surface area contributed by atoms with E-state index in [4.69, 9.17) is 4.74 Å². The zero-order valence-corrected chi connectivity index (χ0v) is 22.7. The Morgan fingerprint density at radius 2 is 1.53 bits per heavy atom. The van der Waals surface area contributed by atoms with E-state index in [1.54, 1.807) is 0 Å². The number of esters is 1. The lowest BCUT2D eigenvalue weighted by molar-refractivity contribution is -0.235. The fourth-order valence-corrected chi connectivity index (χ4v) is 11.8. The summed E-state index contributed by atoms with van der Waals surface area (Å²) in [4.78, 5) is 13.4. The van der Waals surface area contributed by atoms with Crippen LogP contribution in [0.2, 0.25) is 0 Å². The van der Waals surface area contributed by atoms with Crippen molar-refractivity contribution in [1.29, 1.82) is 0 Å². The van der Waals surface area contributed by atoms with Crippen LogP contribution in [-0.4, -0.2) is 23.0 Å². The highest BCUT2D eigenvalue weighted by Gasteiger charge is 2.75. The lowest BCUT2D eigenvalue weighted by atomic mass is 9.31. The van der Waals surface area contributed by atoms with E-state index < -0.39 is 0 Å². The molecule has 4 heteroatoms. The molecule has 34 heavy (non-hydrogen) atoms. The van der Waals surface area contributed by atoms with Crippen molar-refractivity contribution < 1.29 is 14.7 Å². The number of ether oxygens (including phenoxy) is 1. The van der Waals surface area contributed by atoms with Crippen LogP contribution in [0, 0.1) is 56.2 Å². The van der Waals surface area contributed by atoms with Gasteiger partial charge >= 0.3 is 5.97 Å². The molecule has 0 spiro atoms. The SMILES string of the molecule is CC1(C)CC[C@]23CC[C@]4(C)[C@H](CC[C@@H]5[C@@]6(C)CC/C(=N\O)C(C)(C)[C@H]6CC[C@]54C)[C@@H]2[C@H]1OC3=O. The van der Waals surface area contributed by atoms with E-state index in [1.807, 2.05) is 0 Å². The van der Waals surface area contributed by atoms with Crippen molar-refractivity contribution in [3.8, 4) is 0 Å². The maximum absolute atomic E-state index is 13.4. The molecule has 5 saturated carbocycles. The second-order valence-electron chi connectivity index (χ2n) is 15.4. The Labute approximate surface area is 206 Å². The normalized spacial score (nSPS) is 56.0. The molecule has 0 radical (unpaired) electrons. The summed E-state index contributed by atoms with van der Waals surface area (Å²) in [5.41, 5.74) is 1.69. The van der Waals surface area contributed by atoms with Crippen molar-refractivity contribution in [2.75, 3.05) is 0 Å². The van der Waals surface area contributed by atoms with E-state index >= 15 is 0 Å². The smallest absolute Gasteiger partial charge is 0.312 e. The monoisotopic (exact) mass is 469 g/mol. The van der Waals surface area contributed by atoms with Gasteiger partial charge < -0.3 is 9.94 Å². The van der Waals surface area contributed by atoms with Crippen molar-refractivity contribution in [2.45, 2.75) is 119 Å². The molecule has 1 heterocycles. The maximum atomic E-state index is 13.4. The van der Waals surface area contributed by atoms with Gasteiger partial charge in [-0.15, -0.1) is 0 Å². The molecule has 1 N–H and O–H groups in total. The highest BCUT2D eigenvalue weighted by Crippen LogP contribution is 2.78. The first-order chi connectivity index (χ1) is 15.8. The first kappa shape index (κ1) is 23.3. The van der Waals surface area contributed by atoms with Crippen molar-refractivity contribution in [2.24, 2.45) is 61.3 Å². The lowest BCUT2D eigenvalue weighted by Crippen LogP contribution is -2.67. The maximum Gasteiger partial charge on any atom is 0.312 e. The minimum Gasteiger partial charge on any atom is -0.461 e. The summed E-state index contributed by atoms with van der Waals surface area (Å²) >= 11 is 0. The van der Waals surface area contributed by atoms with Crippen LogP contribution >= 0.6 is 0 Å². The number of hydrogen-bond donors (Lipinski definition) is 1. The number of carbonyl (C=O) groups excluding carboxylic acids is 1. The van der Waals surface area contributed by atoms with Gasteiger partial charge in [-0.2, -0.15) is 0 Å². The Morgan fingerprint density at radius 3 is 2.24 bits per heavy atom. The standard InChI is InChI=1S/C30H47NO3/c1-25(2)14-16-30-17-15-28(6)18(22(30)23(25)34-24(30)32)8-9-20-27(5)12-11-21(31-33)26(3,4)19(27)10-13-29(20,28)7/h18-20,22-23,33H,8-17H2,1-7H3/b31-21+/t18-,19-,20-,22-,23-,27+,28-,29-,30+/m1/s1. The zero-order chi connectivity index (χ0) is 24.5. The number of oxime groups is 1. The van der Waals surface area contributed by atoms with Gasteiger partial charge in [-0.1, -0.05) is 53.6 Å². The molecule has 6 rings (SSSR count). The third-order valence-electron chi connectivity index (χ3n) is 14.0. The topological polar surface area (TPSA) is 58.9 Å². The Morgan fingerprint density at radius 1 is 0.824 bits per heavy atom. The molecule has 0 aromatic carbocycles. The van der Waals surface area contributed by atoms with Crippen LogP contribution in [0.4, 0.5) is 0 Å². The molecule has 6 aliphatic rings. The van der Waals surface area contributed by atoms with Crippen LogP contribution in [0.25, 0.3) is 0 Å². The van der Waals surface area contributed by atoms with Crippen molar-refractivity contribution in [1.82, 2.24) is 0 Å². The van der Waals surface area contributed by atoms with E-state index in [9.17, 15) is 10.0 Å². The minimum absolute atomic E-state index is 0.0375. The molecule has 0 aromatic heterocycles. The molecular weight excluding hydrogens is 422 g/mol. The first-order valence-electron chi connectivity index (χ1n) is 14.2. The predicted octanol–water partition coefficient (Wildman–Crippen LogP) is 7.23. The molecule has 0 aromatic rings. The largest absolute Gasteiger partial charge is 0.461 e. The van der Waals surface area contributed by atoms with E-state index in [0.29, 0.717) is 23.7 Å². The molecule has 0 unspecified atom stereocenters. The molecule has 1 saturated heterocycles. The predicted molar refractivity (Wildman–Crippen MR) is 134 cm³/mol. The number of rotatable bonds is 0.